The van der Waals surface area contributed by atoms with E-state index >= 15 is 0 Å². The summed E-state index contributed by atoms with van der Waals surface area (Å²) < 4.78 is 11.6. The number of carbonyl (C=O) groups is 1. The predicted molar refractivity (Wildman–Crippen MR) is 141 cm³/mol. The first-order valence-electron chi connectivity index (χ1n) is 13.5. The molecule has 8 heteroatoms. The molecule has 2 aromatic heterocycles. The Hall–Kier alpha value is -1.35. The van der Waals surface area contributed by atoms with Crippen LogP contribution in [0.15, 0.2) is 6.20 Å². The van der Waals surface area contributed by atoms with Gasteiger partial charge in [0.2, 0.25) is 0 Å². The number of fused-ring (bicyclic) bond motifs is 1. The molecule has 6 nitrogen and oxygen atoms in total. The molecule has 192 valence electrons. The van der Waals surface area contributed by atoms with Crippen LogP contribution in [0.5, 0.6) is 5.19 Å². The van der Waals surface area contributed by atoms with Gasteiger partial charge in [0, 0.05) is 61.1 Å². The van der Waals surface area contributed by atoms with Crippen LogP contribution < -0.4 is 4.74 Å². The Morgan fingerprint density at radius 1 is 1.09 bits per heavy atom. The molecule has 1 aliphatic carbocycles. The molecule has 0 spiro atoms. The van der Waals surface area contributed by atoms with Gasteiger partial charge >= 0.3 is 0 Å². The van der Waals surface area contributed by atoms with Gasteiger partial charge in [-0.1, -0.05) is 24.2 Å². The van der Waals surface area contributed by atoms with E-state index in [-0.39, 0.29) is 6.10 Å². The predicted octanol–water partition coefficient (Wildman–Crippen LogP) is 5.26. The summed E-state index contributed by atoms with van der Waals surface area (Å²) in [5, 5.41) is 1.92. The van der Waals surface area contributed by atoms with E-state index in [1.807, 2.05) is 13.1 Å². The first-order chi connectivity index (χ1) is 17.1. The zero-order valence-electron chi connectivity index (χ0n) is 21.0. The van der Waals surface area contributed by atoms with Crippen molar-refractivity contribution in [2.75, 3.05) is 32.8 Å². The third-order valence-electron chi connectivity index (χ3n) is 7.89. The van der Waals surface area contributed by atoms with Crippen molar-refractivity contribution in [1.29, 1.82) is 0 Å². The molecule has 35 heavy (non-hydrogen) atoms. The van der Waals surface area contributed by atoms with E-state index in [2.05, 4.69) is 9.88 Å². The van der Waals surface area contributed by atoms with E-state index in [1.165, 1.54) is 49.2 Å². The van der Waals surface area contributed by atoms with Gasteiger partial charge in [0.25, 0.3) is 5.19 Å². The standard InChI is InChI=1S/C27H39N3O3S2/c1-19-28-18-24(34-19)17-22(31)16-21-4-2-20(3-5-21)6-11-30-12-7-25-26(8-13-30)35-27(29-25)33-23-9-14-32-15-10-23/h18,20-21,23H,2-17H2,1H3. The van der Waals surface area contributed by atoms with Crippen LogP contribution in [0.3, 0.4) is 0 Å². The number of ether oxygens (including phenoxy) is 2. The van der Waals surface area contributed by atoms with Crippen molar-refractivity contribution in [1.82, 2.24) is 14.9 Å². The fourth-order valence-corrected chi connectivity index (χ4v) is 7.59. The minimum Gasteiger partial charge on any atom is -0.467 e. The molecule has 1 saturated heterocycles. The first kappa shape index (κ1) is 25.3. The third-order valence-corrected chi connectivity index (χ3v) is 9.85. The zero-order chi connectivity index (χ0) is 24.0. The summed E-state index contributed by atoms with van der Waals surface area (Å²) in [5.41, 5.74) is 1.26. The Bertz CT molecular complexity index is 935. The van der Waals surface area contributed by atoms with Gasteiger partial charge in [0.05, 0.1) is 23.9 Å². The molecule has 1 saturated carbocycles. The minimum atomic E-state index is 0.269. The summed E-state index contributed by atoms with van der Waals surface area (Å²) in [6, 6.07) is 0. The summed E-state index contributed by atoms with van der Waals surface area (Å²) in [6.07, 6.45) is 13.8. The largest absolute Gasteiger partial charge is 0.467 e. The molecule has 2 aliphatic heterocycles. The second kappa shape index (κ2) is 12.3. The Morgan fingerprint density at radius 2 is 1.86 bits per heavy atom. The molecule has 0 aromatic carbocycles. The number of nitrogens with zero attached hydrogens (tertiary/aromatic N) is 3. The second-order valence-electron chi connectivity index (χ2n) is 10.6. The van der Waals surface area contributed by atoms with Crippen LogP contribution in [0, 0.1) is 18.8 Å². The molecule has 2 aromatic rings. The van der Waals surface area contributed by atoms with E-state index in [4.69, 9.17) is 14.5 Å². The van der Waals surface area contributed by atoms with Crippen molar-refractivity contribution in [3.63, 3.8) is 0 Å². The Kier molecular flexibility index (Phi) is 8.86. The zero-order valence-corrected chi connectivity index (χ0v) is 22.6. The molecular formula is C27H39N3O3S2. The normalized spacial score (nSPS) is 24.1. The highest BCUT2D eigenvalue weighted by Crippen LogP contribution is 2.34. The maximum Gasteiger partial charge on any atom is 0.273 e. The van der Waals surface area contributed by atoms with Crippen molar-refractivity contribution >= 4 is 28.5 Å². The first-order valence-corrected chi connectivity index (χ1v) is 15.1. The topological polar surface area (TPSA) is 64.6 Å². The van der Waals surface area contributed by atoms with Crippen LogP contribution in [0.2, 0.25) is 0 Å². The van der Waals surface area contributed by atoms with Crippen molar-refractivity contribution in [3.8, 4) is 5.19 Å². The number of hydrogen-bond donors (Lipinski definition) is 0. The number of rotatable bonds is 9. The van der Waals surface area contributed by atoms with Crippen LogP contribution in [0.1, 0.15) is 71.8 Å². The summed E-state index contributed by atoms with van der Waals surface area (Å²) >= 11 is 3.42. The third kappa shape index (κ3) is 7.34. The van der Waals surface area contributed by atoms with E-state index < -0.39 is 0 Å². The molecular weight excluding hydrogens is 478 g/mol. The van der Waals surface area contributed by atoms with Crippen LogP contribution >= 0.6 is 22.7 Å². The molecule has 0 amide bonds. The number of aromatic nitrogens is 2. The van der Waals surface area contributed by atoms with Gasteiger partial charge in [-0.2, -0.15) is 0 Å². The number of carbonyl (C=O) groups excluding carboxylic acids is 1. The molecule has 4 heterocycles. The van der Waals surface area contributed by atoms with Gasteiger partial charge in [-0.3, -0.25) is 4.79 Å². The van der Waals surface area contributed by atoms with Crippen molar-refractivity contribution < 1.29 is 14.3 Å². The van der Waals surface area contributed by atoms with Gasteiger partial charge in [-0.15, -0.1) is 11.3 Å². The molecule has 0 radical (unpaired) electrons. The van der Waals surface area contributed by atoms with Gasteiger partial charge < -0.3 is 14.4 Å². The minimum absolute atomic E-state index is 0.269. The van der Waals surface area contributed by atoms with Crippen LogP contribution in [0.25, 0.3) is 0 Å². The maximum atomic E-state index is 12.5. The molecule has 2 fully saturated rings. The summed E-state index contributed by atoms with van der Waals surface area (Å²) in [4.78, 5) is 26.8. The summed E-state index contributed by atoms with van der Waals surface area (Å²) in [7, 11) is 0. The highest BCUT2D eigenvalue weighted by Gasteiger charge is 2.25. The smallest absolute Gasteiger partial charge is 0.273 e. The maximum absolute atomic E-state index is 12.5. The quantitative estimate of drug-likeness (QED) is 0.452. The number of ketones is 1. The molecule has 0 bridgehead atoms. The Labute approximate surface area is 217 Å². The number of hydrogen-bond acceptors (Lipinski definition) is 8. The highest BCUT2D eigenvalue weighted by molar-refractivity contribution is 7.13. The van der Waals surface area contributed by atoms with E-state index in [0.29, 0.717) is 18.1 Å². The van der Waals surface area contributed by atoms with E-state index in [1.54, 1.807) is 22.7 Å². The lowest BCUT2D eigenvalue weighted by Crippen LogP contribution is -2.30. The monoisotopic (exact) mass is 517 g/mol. The Balaban J connectivity index is 0.990. The summed E-state index contributed by atoms with van der Waals surface area (Å²) in [5.74, 6) is 1.80. The molecule has 3 aliphatic rings. The van der Waals surface area contributed by atoms with Crippen LogP contribution in [-0.4, -0.2) is 59.6 Å². The van der Waals surface area contributed by atoms with Gasteiger partial charge in [0.15, 0.2) is 0 Å². The average Bonchev–Trinajstić information content (AvgIpc) is 3.39. The Morgan fingerprint density at radius 3 is 2.63 bits per heavy atom. The fraction of sp³-hybridized carbons (Fsp3) is 0.741. The number of Topliss-reactive ketones (excluding diaryl/α,β-unsaturated/α-hetero) is 1. The van der Waals surface area contributed by atoms with Crippen LogP contribution in [-0.2, 0) is 28.8 Å². The SMILES string of the molecule is Cc1ncc(CC(=O)CC2CCC(CCN3CCc4nc(OC5CCOCC5)sc4CC3)CC2)s1. The fourth-order valence-electron chi connectivity index (χ4n) is 5.76. The average molecular weight is 518 g/mol. The number of aryl methyl sites for hydroxylation is 1. The molecule has 0 atom stereocenters. The summed E-state index contributed by atoms with van der Waals surface area (Å²) in [6.45, 7) is 7.04. The van der Waals surface area contributed by atoms with Crippen molar-refractivity contribution in [2.24, 2.45) is 11.8 Å². The highest BCUT2D eigenvalue weighted by atomic mass is 32.1. The number of thiazole rings is 2. The van der Waals surface area contributed by atoms with Crippen LogP contribution in [0.4, 0.5) is 0 Å². The lowest BCUT2D eigenvalue weighted by atomic mass is 9.78. The van der Waals surface area contributed by atoms with Crippen molar-refractivity contribution in [2.45, 2.75) is 83.7 Å². The molecule has 5 rings (SSSR count). The second-order valence-corrected chi connectivity index (χ2v) is 12.9. The van der Waals surface area contributed by atoms with Gasteiger partial charge in [-0.05, 0) is 51.0 Å². The molecule has 0 unspecified atom stereocenters. The van der Waals surface area contributed by atoms with E-state index in [0.717, 1.165) is 79.4 Å². The van der Waals surface area contributed by atoms with Gasteiger partial charge in [0.1, 0.15) is 11.9 Å². The molecule has 0 N–H and O–H groups in total. The van der Waals surface area contributed by atoms with Gasteiger partial charge in [-0.25, -0.2) is 9.97 Å². The van der Waals surface area contributed by atoms with E-state index in [9.17, 15) is 4.79 Å². The lowest BCUT2D eigenvalue weighted by Gasteiger charge is -2.30. The lowest BCUT2D eigenvalue weighted by molar-refractivity contribution is -0.119. The van der Waals surface area contributed by atoms with Crippen molar-refractivity contribution in [3.05, 3.63) is 26.7 Å².